The Labute approximate surface area is 190 Å². The van der Waals surface area contributed by atoms with E-state index in [-0.39, 0.29) is 47.1 Å². The van der Waals surface area contributed by atoms with Crippen LogP contribution in [0.5, 0.6) is 0 Å². The highest BCUT2D eigenvalue weighted by molar-refractivity contribution is 9.09. The molecule has 3 unspecified atom stereocenters. The summed E-state index contributed by atoms with van der Waals surface area (Å²) in [4.78, 5) is 41.6. The van der Waals surface area contributed by atoms with Crippen molar-refractivity contribution in [2.24, 2.45) is 11.8 Å². The lowest BCUT2D eigenvalue weighted by atomic mass is 9.71. The summed E-state index contributed by atoms with van der Waals surface area (Å²) in [6.45, 7) is 2.32. The number of thioether (sulfide) groups is 1. The lowest BCUT2D eigenvalue weighted by Crippen LogP contribution is -2.56. The summed E-state index contributed by atoms with van der Waals surface area (Å²) in [5, 5.41) is 12.5. The molecule has 0 aromatic carbocycles. The van der Waals surface area contributed by atoms with E-state index >= 15 is 0 Å². The van der Waals surface area contributed by atoms with Crippen molar-refractivity contribution in [3.8, 4) is 0 Å². The molecule has 3 aliphatic heterocycles. The molecule has 30 heavy (non-hydrogen) atoms. The minimum Gasteiger partial charge on any atom is -0.466 e. The third kappa shape index (κ3) is 3.58. The first-order valence-corrected chi connectivity index (χ1v) is 12.9. The number of nitrogens with zero attached hydrogens (tertiary/aromatic N) is 1. The highest BCUT2D eigenvalue weighted by Crippen LogP contribution is 2.67. The van der Waals surface area contributed by atoms with E-state index in [1.165, 1.54) is 6.42 Å². The minimum absolute atomic E-state index is 0.0451. The van der Waals surface area contributed by atoms with Gasteiger partial charge in [-0.05, 0) is 32.6 Å². The average Bonchev–Trinajstić information content (AvgIpc) is 3.31. The molecule has 1 spiro atoms. The first-order valence-electron chi connectivity index (χ1n) is 11.1. The van der Waals surface area contributed by atoms with Gasteiger partial charge < -0.3 is 20.1 Å². The molecular formula is C21H31BrN2O5S. The molecule has 2 bridgehead atoms. The van der Waals surface area contributed by atoms with Crippen molar-refractivity contribution in [1.82, 2.24) is 10.2 Å². The number of aliphatic hydroxyl groups is 1. The molecule has 9 heteroatoms. The number of aliphatic hydroxyl groups excluding tert-OH is 1. The van der Waals surface area contributed by atoms with Gasteiger partial charge in [-0.15, -0.1) is 11.8 Å². The van der Waals surface area contributed by atoms with Crippen LogP contribution in [-0.2, 0) is 19.1 Å². The van der Waals surface area contributed by atoms with E-state index in [9.17, 15) is 19.5 Å². The van der Waals surface area contributed by atoms with Gasteiger partial charge in [0.25, 0.3) is 0 Å². The fourth-order valence-electron chi connectivity index (χ4n) is 5.95. The Balaban J connectivity index is 1.65. The van der Waals surface area contributed by atoms with Gasteiger partial charge in [-0.25, -0.2) is 0 Å². The molecule has 168 valence electrons. The van der Waals surface area contributed by atoms with Crippen molar-refractivity contribution in [3.63, 3.8) is 0 Å². The molecule has 7 nitrogen and oxygen atoms in total. The number of hydrogen-bond donors (Lipinski definition) is 2. The molecular weight excluding hydrogens is 472 g/mol. The third-order valence-electron chi connectivity index (χ3n) is 7.10. The Bertz CT molecular complexity index is 703. The largest absolute Gasteiger partial charge is 0.466 e. The second kappa shape index (κ2) is 8.98. The zero-order valence-corrected chi connectivity index (χ0v) is 19.8. The fourth-order valence-corrected chi connectivity index (χ4v) is 9.55. The topological polar surface area (TPSA) is 95.9 Å². The van der Waals surface area contributed by atoms with Crippen LogP contribution in [0, 0.1) is 11.8 Å². The monoisotopic (exact) mass is 502 g/mol. The lowest BCUT2D eigenvalue weighted by molar-refractivity contribution is -0.153. The SMILES string of the molecule is CCOC(=O)[C@H]1[C@@H]2SC3(CC2Br)C(C(=O)NC2CCCCC2)N(CCCO)C(=O)[C@H]13. The Morgan fingerprint density at radius 3 is 2.73 bits per heavy atom. The molecule has 6 atom stereocenters. The van der Waals surface area contributed by atoms with Gasteiger partial charge >= 0.3 is 5.97 Å². The number of likely N-dealkylation sites (tertiary alicyclic amines) is 1. The van der Waals surface area contributed by atoms with E-state index < -0.39 is 22.6 Å². The predicted octanol–water partition coefficient (Wildman–Crippen LogP) is 1.85. The number of ether oxygens (including phenoxy) is 1. The standard InChI is InChI=1S/C21H31BrN2O5S/c1-2-29-20(28)14-15-19(27)24(9-6-10-25)17(21(15)11-13(22)16(14)30-21)18(26)23-12-7-4-3-5-8-12/h12-17,25H,2-11H2,1H3,(H,23,26)/t13?,14-,15+,16-,17?,21?/m1/s1. The second-order valence-electron chi connectivity index (χ2n) is 8.87. The quantitative estimate of drug-likeness (QED) is 0.407. The first-order chi connectivity index (χ1) is 14.4. The summed E-state index contributed by atoms with van der Waals surface area (Å²) in [5.74, 6) is -1.66. The number of hydrogen-bond acceptors (Lipinski definition) is 6. The van der Waals surface area contributed by atoms with E-state index in [0.717, 1.165) is 25.7 Å². The van der Waals surface area contributed by atoms with Gasteiger partial charge in [0.2, 0.25) is 11.8 Å². The van der Waals surface area contributed by atoms with Crippen LogP contribution in [0.1, 0.15) is 51.9 Å². The number of halogens is 1. The summed E-state index contributed by atoms with van der Waals surface area (Å²) >= 11 is 5.35. The highest BCUT2D eigenvalue weighted by Gasteiger charge is 2.75. The molecule has 0 aromatic rings. The summed E-state index contributed by atoms with van der Waals surface area (Å²) in [6, 6.07) is -0.460. The van der Waals surface area contributed by atoms with Gasteiger partial charge in [0.15, 0.2) is 0 Å². The number of rotatable bonds is 7. The van der Waals surface area contributed by atoms with Crippen LogP contribution in [0.25, 0.3) is 0 Å². The van der Waals surface area contributed by atoms with Crippen molar-refractivity contribution in [2.45, 2.75) is 78.8 Å². The smallest absolute Gasteiger partial charge is 0.310 e. The molecule has 1 saturated carbocycles. The molecule has 3 saturated heterocycles. The second-order valence-corrected chi connectivity index (χ2v) is 11.6. The van der Waals surface area contributed by atoms with Crippen LogP contribution in [0.2, 0.25) is 0 Å². The summed E-state index contributed by atoms with van der Waals surface area (Å²) in [5.41, 5.74) is 0. The van der Waals surface area contributed by atoms with Crippen LogP contribution in [0.15, 0.2) is 0 Å². The van der Waals surface area contributed by atoms with Gasteiger partial charge in [0.1, 0.15) is 6.04 Å². The molecule has 2 N–H and O–H groups in total. The number of amides is 2. The Morgan fingerprint density at radius 1 is 1.33 bits per heavy atom. The van der Waals surface area contributed by atoms with Crippen LogP contribution >= 0.6 is 27.7 Å². The van der Waals surface area contributed by atoms with Crippen molar-refractivity contribution in [2.75, 3.05) is 19.8 Å². The summed E-state index contributed by atoms with van der Waals surface area (Å²) in [6.07, 6.45) is 6.46. The molecule has 4 rings (SSSR count). The molecule has 0 aromatic heterocycles. The number of esters is 1. The molecule has 4 aliphatic rings. The Kier molecular flexibility index (Phi) is 6.70. The lowest BCUT2D eigenvalue weighted by Gasteiger charge is -2.36. The fraction of sp³-hybridized carbons (Fsp3) is 0.857. The number of alkyl halides is 1. The van der Waals surface area contributed by atoms with Crippen molar-refractivity contribution < 1.29 is 24.2 Å². The van der Waals surface area contributed by atoms with Gasteiger partial charge in [0, 0.05) is 29.3 Å². The van der Waals surface area contributed by atoms with E-state index in [0.29, 0.717) is 19.4 Å². The third-order valence-corrected chi connectivity index (χ3v) is 10.3. The van der Waals surface area contributed by atoms with Gasteiger partial charge in [-0.3, -0.25) is 14.4 Å². The van der Waals surface area contributed by atoms with Gasteiger partial charge in [-0.1, -0.05) is 35.2 Å². The normalized spacial score (nSPS) is 38.0. The van der Waals surface area contributed by atoms with Crippen molar-refractivity contribution in [3.05, 3.63) is 0 Å². The Morgan fingerprint density at radius 2 is 2.07 bits per heavy atom. The van der Waals surface area contributed by atoms with Crippen LogP contribution in [0.4, 0.5) is 0 Å². The zero-order valence-electron chi connectivity index (χ0n) is 17.3. The molecule has 0 radical (unpaired) electrons. The first kappa shape index (κ1) is 22.4. The molecule has 1 aliphatic carbocycles. The molecule has 3 heterocycles. The maximum absolute atomic E-state index is 13.6. The maximum Gasteiger partial charge on any atom is 0.310 e. The number of carbonyl (C=O) groups is 3. The van der Waals surface area contributed by atoms with E-state index in [1.54, 1.807) is 23.6 Å². The minimum atomic E-state index is -0.623. The summed E-state index contributed by atoms with van der Waals surface area (Å²) < 4.78 is 4.71. The van der Waals surface area contributed by atoms with E-state index in [1.807, 2.05) is 0 Å². The molecule has 4 fully saturated rings. The highest BCUT2D eigenvalue weighted by atomic mass is 79.9. The summed E-state index contributed by atoms with van der Waals surface area (Å²) in [7, 11) is 0. The average molecular weight is 503 g/mol. The van der Waals surface area contributed by atoms with Crippen LogP contribution in [-0.4, -0.2) is 74.5 Å². The van der Waals surface area contributed by atoms with Gasteiger partial charge in [0.05, 0.1) is 23.2 Å². The maximum atomic E-state index is 13.6. The van der Waals surface area contributed by atoms with E-state index in [4.69, 9.17) is 4.74 Å². The van der Waals surface area contributed by atoms with Gasteiger partial charge in [-0.2, -0.15) is 0 Å². The predicted molar refractivity (Wildman–Crippen MR) is 117 cm³/mol. The van der Waals surface area contributed by atoms with Crippen molar-refractivity contribution in [1.29, 1.82) is 0 Å². The van der Waals surface area contributed by atoms with Crippen LogP contribution < -0.4 is 5.32 Å². The number of fused-ring (bicyclic) bond motifs is 1. The number of nitrogens with one attached hydrogen (secondary N) is 1. The molecule has 2 amide bonds. The van der Waals surface area contributed by atoms with E-state index in [2.05, 4.69) is 21.2 Å². The van der Waals surface area contributed by atoms with Crippen molar-refractivity contribution >= 4 is 45.5 Å². The Hall–Kier alpha value is -0.800. The zero-order chi connectivity index (χ0) is 21.5. The van der Waals surface area contributed by atoms with Crippen LogP contribution in [0.3, 0.4) is 0 Å². The number of carbonyl (C=O) groups excluding carboxylic acids is 3.